The molecule has 0 aliphatic carbocycles. The second-order valence-corrected chi connectivity index (χ2v) is 8.79. The summed E-state index contributed by atoms with van der Waals surface area (Å²) in [6, 6.07) is 13.0. The summed E-state index contributed by atoms with van der Waals surface area (Å²) < 4.78 is 16.1. The Kier molecular flexibility index (Phi) is 6.41. The molecule has 0 bridgehead atoms. The van der Waals surface area contributed by atoms with Gasteiger partial charge in [0.15, 0.2) is 18.1 Å². The summed E-state index contributed by atoms with van der Waals surface area (Å²) in [7, 11) is 0. The van der Waals surface area contributed by atoms with Gasteiger partial charge in [-0.25, -0.2) is 9.78 Å². The summed E-state index contributed by atoms with van der Waals surface area (Å²) in [5.74, 6) is 1.61. The highest BCUT2D eigenvalue weighted by atomic mass is 16.7. The van der Waals surface area contributed by atoms with Crippen LogP contribution in [0.1, 0.15) is 27.3 Å². The first-order valence-electron chi connectivity index (χ1n) is 11.7. The van der Waals surface area contributed by atoms with E-state index in [0.717, 1.165) is 59.5 Å². The molecular weight excluding hydrogens is 448 g/mol. The van der Waals surface area contributed by atoms with Gasteiger partial charge in [0, 0.05) is 44.0 Å². The first kappa shape index (κ1) is 22.9. The molecule has 1 aromatic heterocycles. The van der Waals surface area contributed by atoms with E-state index in [2.05, 4.69) is 14.9 Å². The van der Waals surface area contributed by atoms with Crippen LogP contribution in [-0.2, 0) is 16.1 Å². The molecule has 2 aliphatic heterocycles. The lowest BCUT2D eigenvalue weighted by atomic mass is 10.1. The molecule has 9 nitrogen and oxygen atoms in total. The number of amides is 1. The minimum absolute atomic E-state index is 0.181. The second-order valence-electron chi connectivity index (χ2n) is 8.79. The SMILES string of the molecule is Cc1nc(-c2ccc(C(=O)OCC(=O)N3CCN(Cc4ccc5c(c4)OCO5)CC3)cc2)[nH]c1C. The summed E-state index contributed by atoms with van der Waals surface area (Å²) >= 11 is 0. The molecule has 3 aromatic rings. The number of aromatic amines is 1. The highest BCUT2D eigenvalue weighted by Gasteiger charge is 2.23. The number of piperazine rings is 1. The molecule has 0 atom stereocenters. The van der Waals surface area contributed by atoms with Crippen molar-refractivity contribution in [3.05, 3.63) is 65.0 Å². The lowest BCUT2D eigenvalue weighted by molar-refractivity contribution is -0.136. The number of rotatable bonds is 6. The third-order valence-electron chi connectivity index (χ3n) is 6.42. The molecule has 0 saturated carbocycles. The summed E-state index contributed by atoms with van der Waals surface area (Å²) in [6.07, 6.45) is 0. The standard InChI is InChI=1S/C26H28N4O5/c1-17-18(2)28-25(27-17)20-4-6-21(7-5-20)26(32)33-15-24(31)30-11-9-29(10-12-30)14-19-3-8-22-23(13-19)35-16-34-22/h3-8,13H,9-12,14-16H2,1-2H3,(H,27,28). The number of hydrogen-bond donors (Lipinski definition) is 1. The van der Waals surface area contributed by atoms with Crippen LogP contribution < -0.4 is 9.47 Å². The van der Waals surface area contributed by atoms with Crippen molar-refractivity contribution in [1.29, 1.82) is 0 Å². The van der Waals surface area contributed by atoms with Gasteiger partial charge in [-0.05, 0) is 43.7 Å². The second kappa shape index (κ2) is 9.79. The number of nitrogens with zero attached hydrogens (tertiary/aromatic N) is 3. The van der Waals surface area contributed by atoms with Gasteiger partial charge in [0.1, 0.15) is 5.82 Å². The molecule has 2 aliphatic rings. The van der Waals surface area contributed by atoms with Crippen LogP contribution in [0.15, 0.2) is 42.5 Å². The Balaban J connectivity index is 1.08. The van der Waals surface area contributed by atoms with E-state index in [-0.39, 0.29) is 19.3 Å². The number of esters is 1. The molecule has 0 unspecified atom stereocenters. The minimum atomic E-state index is -0.516. The normalized spacial score (nSPS) is 15.3. The van der Waals surface area contributed by atoms with Crippen LogP contribution in [0.5, 0.6) is 11.5 Å². The average Bonchev–Trinajstić information content (AvgIpc) is 3.48. The van der Waals surface area contributed by atoms with Crippen molar-refractivity contribution in [2.75, 3.05) is 39.6 Å². The summed E-state index contributed by atoms with van der Waals surface area (Å²) in [5, 5.41) is 0. The molecule has 1 N–H and O–H groups in total. The number of hydrogen-bond acceptors (Lipinski definition) is 7. The fourth-order valence-electron chi connectivity index (χ4n) is 4.20. The first-order chi connectivity index (χ1) is 17.0. The number of aryl methyl sites for hydroxylation is 2. The maximum Gasteiger partial charge on any atom is 0.338 e. The summed E-state index contributed by atoms with van der Waals surface area (Å²) in [4.78, 5) is 36.7. The van der Waals surface area contributed by atoms with Crippen molar-refractivity contribution in [1.82, 2.24) is 19.8 Å². The van der Waals surface area contributed by atoms with Crippen molar-refractivity contribution in [3.8, 4) is 22.9 Å². The predicted octanol–water partition coefficient (Wildman–Crippen LogP) is 2.92. The fraction of sp³-hybridized carbons (Fsp3) is 0.346. The molecule has 1 saturated heterocycles. The van der Waals surface area contributed by atoms with Gasteiger partial charge in [-0.2, -0.15) is 0 Å². The number of H-pyrrole nitrogens is 1. The zero-order valence-corrected chi connectivity index (χ0v) is 19.9. The Hall–Kier alpha value is -3.85. The molecule has 182 valence electrons. The van der Waals surface area contributed by atoms with Crippen molar-refractivity contribution < 1.29 is 23.8 Å². The molecule has 2 aromatic carbocycles. The number of nitrogens with one attached hydrogen (secondary N) is 1. The molecule has 35 heavy (non-hydrogen) atoms. The zero-order chi connectivity index (χ0) is 24.4. The van der Waals surface area contributed by atoms with E-state index in [9.17, 15) is 9.59 Å². The van der Waals surface area contributed by atoms with E-state index in [0.29, 0.717) is 18.7 Å². The van der Waals surface area contributed by atoms with Gasteiger partial charge in [0.05, 0.1) is 11.3 Å². The van der Waals surface area contributed by atoms with Crippen LogP contribution in [0.4, 0.5) is 0 Å². The number of imidazole rings is 1. The Labute approximate surface area is 203 Å². The predicted molar refractivity (Wildman–Crippen MR) is 128 cm³/mol. The van der Waals surface area contributed by atoms with E-state index in [1.807, 2.05) is 44.2 Å². The topological polar surface area (TPSA) is 97.0 Å². The highest BCUT2D eigenvalue weighted by molar-refractivity contribution is 5.91. The van der Waals surface area contributed by atoms with Gasteiger partial charge >= 0.3 is 5.97 Å². The molecule has 5 rings (SSSR count). The third-order valence-corrected chi connectivity index (χ3v) is 6.42. The Bertz CT molecular complexity index is 1210. The van der Waals surface area contributed by atoms with Gasteiger partial charge in [-0.3, -0.25) is 9.69 Å². The average molecular weight is 477 g/mol. The van der Waals surface area contributed by atoms with Crippen LogP contribution in [0.3, 0.4) is 0 Å². The maximum atomic E-state index is 12.6. The zero-order valence-electron chi connectivity index (χ0n) is 19.9. The first-order valence-corrected chi connectivity index (χ1v) is 11.7. The Morgan fingerprint density at radius 2 is 1.74 bits per heavy atom. The van der Waals surface area contributed by atoms with Gasteiger partial charge in [0.25, 0.3) is 5.91 Å². The molecule has 0 spiro atoms. The number of ether oxygens (including phenoxy) is 3. The number of fused-ring (bicyclic) bond motifs is 1. The van der Waals surface area contributed by atoms with Crippen molar-refractivity contribution >= 4 is 11.9 Å². The van der Waals surface area contributed by atoms with Gasteiger partial charge < -0.3 is 24.1 Å². The van der Waals surface area contributed by atoms with E-state index in [1.165, 1.54) is 0 Å². The number of carbonyl (C=O) groups is 2. The monoisotopic (exact) mass is 476 g/mol. The third kappa shape index (κ3) is 5.14. The maximum absolute atomic E-state index is 12.6. The van der Waals surface area contributed by atoms with Gasteiger partial charge in [-0.15, -0.1) is 0 Å². The smallest absolute Gasteiger partial charge is 0.338 e. The van der Waals surface area contributed by atoms with E-state index in [4.69, 9.17) is 14.2 Å². The van der Waals surface area contributed by atoms with Crippen LogP contribution in [0.2, 0.25) is 0 Å². The molecule has 9 heteroatoms. The summed E-state index contributed by atoms with van der Waals surface area (Å²) in [6.45, 7) is 7.38. The quantitative estimate of drug-likeness (QED) is 0.547. The molecule has 1 amide bonds. The molecule has 3 heterocycles. The van der Waals surface area contributed by atoms with Crippen molar-refractivity contribution in [2.45, 2.75) is 20.4 Å². The Morgan fingerprint density at radius 3 is 2.46 bits per heavy atom. The van der Waals surface area contributed by atoms with Crippen LogP contribution in [-0.4, -0.2) is 71.2 Å². The van der Waals surface area contributed by atoms with Crippen LogP contribution in [0.25, 0.3) is 11.4 Å². The molecular formula is C26H28N4O5. The highest BCUT2D eigenvalue weighted by Crippen LogP contribution is 2.32. The minimum Gasteiger partial charge on any atom is -0.454 e. The van der Waals surface area contributed by atoms with Gasteiger partial charge in [0.2, 0.25) is 6.79 Å². The lowest BCUT2D eigenvalue weighted by Crippen LogP contribution is -2.49. The fourth-order valence-corrected chi connectivity index (χ4v) is 4.20. The van der Waals surface area contributed by atoms with Crippen LogP contribution in [0, 0.1) is 13.8 Å². The lowest BCUT2D eigenvalue weighted by Gasteiger charge is -2.34. The number of carbonyl (C=O) groups excluding carboxylic acids is 2. The van der Waals surface area contributed by atoms with Crippen LogP contribution >= 0.6 is 0 Å². The van der Waals surface area contributed by atoms with Crippen molar-refractivity contribution in [3.63, 3.8) is 0 Å². The van der Waals surface area contributed by atoms with E-state index in [1.54, 1.807) is 17.0 Å². The molecule has 1 fully saturated rings. The Morgan fingerprint density at radius 1 is 1.00 bits per heavy atom. The largest absolute Gasteiger partial charge is 0.454 e. The van der Waals surface area contributed by atoms with Gasteiger partial charge in [-0.1, -0.05) is 18.2 Å². The van der Waals surface area contributed by atoms with E-state index >= 15 is 0 Å². The number of aromatic nitrogens is 2. The molecule has 0 radical (unpaired) electrons. The van der Waals surface area contributed by atoms with Crippen molar-refractivity contribution in [2.24, 2.45) is 0 Å². The van der Waals surface area contributed by atoms with E-state index < -0.39 is 5.97 Å². The summed E-state index contributed by atoms with van der Waals surface area (Å²) in [5.41, 5.74) is 4.38. The number of benzene rings is 2.